The number of anilines is 1. The molecule has 0 aliphatic carbocycles. The lowest BCUT2D eigenvalue weighted by Crippen LogP contribution is -2.46. The summed E-state index contributed by atoms with van der Waals surface area (Å²) < 4.78 is 34.8. The van der Waals surface area contributed by atoms with Crippen molar-refractivity contribution in [2.45, 2.75) is 55.9 Å². The normalized spacial score (nSPS) is 18.9. The first kappa shape index (κ1) is 30.9. The maximum atomic E-state index is 13.7. The Balaban J connectivity index is 0.00000185. The van der Waals surface area contributed by atoms with Crippen LogP contribution in [0.2, 0.25) is 0 Å². The monoisotopic (exact) mass is 605 g/mol. The predicted octanol–water partition coefficient (Wildman–Crippen LogP) is 6.15. The van der Waals surface area contributed by atoms with Gasteiger partial charge >= 0.3 is 0 Å². The maximum Gasteiger partial charge on any atom is 0.264 e. The van der Waals surface area contributed by atoms with Gasteiger partial charge in [0.05, 0.1) is 17.1 Å². The lowest BCUT2D eigenvalue weighted by Gasteiger charge is -2.40. The molecule has 0 spiro atoms. The zero-order valence-corrected chi connectivity index (χ0v) is 25.5. The van der Waals surface area contributed by atoms with E-state index in [1.807, 2.05) is 42.5 Å². The van der Waals surface area contributed by atoms with Crippen molar-refractivity contribution in [3.8, 4) is 5.75 Å². The molecule has 3 aromatic rings. The summed E-state index contributed by atoms with van der Waals surface area (Å²) in [5.41, 5.74) is 1.82. The quantitative estimate of drug-likeness (QED) is 0.323. The topological polar surface area (TPSA) is 53.1 Å². The Morgan fingerprint density at radius 2 is 1.55 bits per heavy atom. The minimum Gasteiger partial charge on any atom is -0.489 e. The third kappa shape index (κ3) is 6.71. The fraction of sp³-hybridized carbons (Fsp3) is 0.484. The van der Waals surface area contributed by atoms with Crippen LogP contribution in [0.15, 0.2) is 65.6 Å². The van der Waals surface area contributed by atoms with E-state index in [1.54, 1.807) is 12.1 Å². The zero-order valence-electron chi connectivity index (χ0n) is 23.0. The van der Waals surface area contributed by atoms with Gasteiger partial charge in [0.2, 0.25) is 0 Å². The molecular formula is C31H41Cl2N3O3S. The van der Waals surface area contributed by atoms with E-state index in [0.717, 1.165) is 41.8 Å². The molecule has 2 saturated heterocycles. The average molecular weight is 607 g/mol. The largest absolute Gasteiger partial charge is 0.489 e. The first-order chi connectivity index (χ1) is 18.6. The highest BCUT2D eigenvalue weighted by Gasteiger charge is 2.31. The highest BCUT2D eigenvalue weighted by Crippen LogP contribution is 2.37. The molecule has 0 N–H and O–H groups in total. The molecule has 9 heteroatoms. The van der Waals surface area contributed by atoms with E-state index < -0.39 is 10.0 Å². The van der Waals surface area contributed by atoms with E-state index in [0.29, 0.717) is 29.5 Å². The van der Waals surface area contributed by atoms with Crippen molar-refractivity contribution in [1.29, 1.82) is 0 Å². The summed E-state index contributed by atoms with van der Waals surface area (Å²) in [5.74, 6) is 0.643. The van der Waals surface area contributed by atoms with E-state index in [4.69, 9.17) is 4.74 Å². The van der Waals surface area contributed by atoms with Crippen LogP contribution >= 0.6 is 24.8 Å². The summed E-state index contributed by atoms with van der Waals surface area (Å²) in [5, 5.41) is 1.96. The number of hydrogen-bond donors (Lipinski definition) is 0. The number of hydrogen-bond acceptors (Lipinski definition) is 5. The molecule has 3 heterocycles. The second-order valence-corrected chi connectivity index (χ2v) is 12.9. The van der Waals surface area contributed by atoms with Crippen LogP contribution in [-0.2, 0) is 16.4 Å². The second-order valence-electron chi connectivity index (χ2n) is 11.0. The first-order valence-corrected chi connectivity index (χ1v) is 15.8. The molecule has 6 nitrogen and oxygen atoms in total. The third-order valence-electron chi connectivity index (χ3n) is 8.56. The van der Waals surface area contributed by atoms with Crippen LogP contribution < -0.4 is 9.04 Å². The van der Waals surface area contributed by atoms with Crippen LogP contribution in [-0.4, -0.2) is 70.1 Å². The summed E-state index contributed by atoms with van der Waals surface area (Å²) in [4.78, 5) is 5.66. The van der Waals surface area contributed by atoms with Gasteiger partial charge < -0.3 is 14.5 Å². The van der Waals surface area contributed by atoms with Gasteiger partial charge in [-0.25, -0.2) is 8.42 Å². The maximum absolute atomic E-state index is 13.7. The van der Waals surface area contributed by atoms with Gasteiger partial charge in [-0.1, -0.05) is 42.8 Å². The van der Waals surface area contributed by atoms with Crippen molar-refractivity contribution in [2.75, 3.05) is 50.2 Å². The molecule has 3 aliphatic heterocycles. The van der Waals surface area contributed by atoms with E-state index in [-0.39, 0.29) is 24.8 Å². The van der Waals surface area contributed by atoms with Crippen LogP contribution in [0.25, 0.3) is 10.8 Å². The molecule has 6 rings (SSSR count). The smallest absolute Gasteiger partial charge is 0.264 e. The van der Waals surface area contributed by atoms with Crippen LogP contribution in [0.1, 0.15) is 44.1 Å². The van der Waals surface area contributed by atoms with Gasteiger partial charge in [0.15, 0.2) is 0 Å². The summed E-state index contributed by atoms with van der Waals surface area (Å²) in [6, 6.07) is 20.1. The lowest BCUT2D eigenvalue weighted by molar-refractivity contribution is 0.0922. The molecule has 218 valence electrons. The summed E-state index contributed by atoms with van der Waals surface area (Å²) in [6.07, 6.45) is 8.72. The van der Waals surface area contributed by atoms with Gasteiger partial charge in [-0.15, -0.1) is 24.8 Å². The molecule has 0 bridgehead atoms. The van der Waals surface area contributed by atoms with Crippen molar-refractivity contribution < 1.29 is 13.2 Å². The van der Waals surface area contributed by atoms with Gasteiger partial charge in [-0.3, -0.25) is 4.31 Å². The number of piperidine rings is 2. The molecule has 0 amide bonds. The summed E-state index contributed by atoms with van der Waals surface area (Å²) in [7, 11) is -3.69. The highest BCUT2D eigenvalue weighted by molar-refractivity contribution is 7.92. The van der Waals surface area contributed by atoms with Crippen molar-refractivity contribution in [3.63, 3.8) is 0 Å². The molecule has 0 atom stereocenters. The number of benzene rings is 3. The molecular weight excluding hydrogens is 565 g/mol. The Labute approximate surface area is 251 Å². The number of ether oxygens (including phenoxy) is 1. The van der Waals surface area contributed by atoms with Crippen molar-refractivity contribution >= 4 is 51.3 Å². The van der Waals surface area contributed by atoms with Crippen molar-refractivity contribution in [2.24, 2.45) is 0 Å². The fourth-order valence-electron chi connectivity index (χ4n) is 6.40. The molecule has 0 aromatic heterocycles. The fourth-order valence-corrected chi connectivity index (χ4v) is 7.88. The minimum absolute atomic E-state index is 0. The van der Waals surface area contributed by atoms with Crippen LogP contribution in [0.4, 0.5) is 5.69 Å². The van der Waals surface area contributed by atoms with E-state index in [2.05, 4.69) is 15.9 Å². The number of fused-ring (bicyclic) bond motifs is 2. The van der Waals surface area contributed by atoms with E-state index in [1.165, 1.54) is 62.6 Å². The van der Waals surface area contributed by atoms with Crippen LogP contribution in [0.5, 0.6) is 5.75 Å². The van der Waals surface area contributed by atoms with Gasteiger partial charge in [0.1, 0.15) is 12.4 Å². The molecule has 3 aromatic carbocycles. The zero-order chi connectivity index (χ0) is 26.0. The summed E-state index contributed by atoms with van der Waals surface area (Å²) in [6.45, 7) is 6.73. The molecule has 2 fully saturated rings. The number of nitrogens with zero attached hydrogens (tertiary/aromatic N) is 3. The number of halogens is 2. The lowest BCUT2D eigenvalue weighted by atomic mass is 9.99. The number of likely N-dealkylation sites (tertiary alicyclic amines) is 2. The second kappa shape index (κ2) is 13.8. The molecule has 0 radical (unpaired) electrons. The van der Waals surface area contributed by atoms with E-state index >= 15 is 0 Å². The molecule has 3 aliphatic rings. The SMILES string of the molecule is Cl.Cl.O=S(=O)(c1ccc2ccccc2c1)N1CCOc2ccc(CCCN3CCC(N4CCCCC4)CC3)cc21. The Kier molecular flexibility index (Phi) is 10.6. The van der Waals surface area contributed by atoms with Crippen molar-refractivity contribution in [3.05, 3.63) is 66.2 Å². The highest BCUT2D eigenvalue weighted by atomic mass is 35.5. The number of sulfonamides is 1. The third-order valence-corrected chi connectivity index (χ3v) is 10.4. The molecule has 40 heavy (non-hydrogen) atoms. The average Bonchev–Trinajstić information content (AvgIpc) is 2.97. The standard InChI is InChI=1S/C31H39N3O3S.2ClH/c35-38(36,29-12-11-26-8-2-3-9-27(26)24-29)34-21-22-37-31-13-10-25(23-30(31)34)7-6-16-32-19-14-28(15-20-32)33-17-4-1-5-18-33;;/h2-3,8-13,23-24,28H,1,4-7,14-22H2;2*1H. The van der Waals surface area contributed by atoms with Gasteiger partial charge in [0, 0.05) is 6.04 Å². The van der Waals surface area contributed by atoms with Gasteiger partial charge in [0.25, 0.3) is 10.0 Å². The van der Waals surface area contributed by atoms with Gasteiger partial charge in [-0.05, 0) is 112 Å². The van der Waals surface area contributed by atoms with Crippen molar-refractivity contribution in [1.82, 2.24) is 9.80 Å². The Morgan fingerprint density at radius 3 is 2.33 bits per heavy atom. The Hall–Kier alpha value is -2.03. The van der Waals surface area contributed by atoms with Crippen LogP contribution in [0, 0.1) is 0 Å². The first-order valence-electron chi connectivity index (χ1n) is 14.3. The molecule has 0 unspecified atom stereocenters. The van der Waals surface area contributed by atoms with Gasteiger partial charge in [-0.2, -0.15) is 0 Å². The number of aryl methyl sites for hydroxylation is 1. The Morgan fingerprint density at radius 1 is 0.800 bits per heavy atom. The molecule has 0 saturated carbocycles. The van der Waals surface area contributed by atoms with Crippen LogP contribution in [0.3, 0.4) is 0 Å². The minimum atomic E-state index is -3.69. The van der Waals surface area contributed by atoms with E-state index in [9.17, 15) is 8.42 Å². The number of rotatable bonds is 7. The Bertz CT molecular complexity index is 1370. The summed E-state index contributed by atoms with van der Waals surface area (Å²) >= 11 is 0. The predicted molar refractivity (Wildman–Crippen MR) is 168 cm³/mol.